The fourth-order valence-electron chi connectivity index (χ4n) is 4.15. The average molecular weight is 513 g/mol. The van der Waals surface area contributed by atoms with E-state index in [4.69, 9.17) is 4.98 Å². The van der Waals surface area contributed by atoms with Gasteiger partial charge in [-0.3, -0.25) is 14.7 Å². The van der Waals surface area contributed by atoms with Crippen LogP contribution in [0, 0.1) is 12.8 Å². The van der Waals surface area contributed by atoms with Gasteiger partial charge in [-0.2, -0.15) is 4.31 Å². The third-order valence-corrected chi connectivity index (χ3v) is 10.3. The second-order valence-electron chi connectivity index (χ2n) is 8.36. The summed E-state index contributed by atoms with van der Waals surface area (Å²) in [6.45, 7) is 3.07. The van der Waals surface area contributed by atoms with Crippen LogP contribution in [-0.2, 0) is 21.4 Å². The molecule has 0 saturated carbocycles. The Morgan fingerprint density at radius 1 is 1.18 bits per heavy atom. The molecule has 3 aromatic heterocycles. The fourth-order valence-corrected chi connectivity index (χ4v) is 7.83. The maximum atomic E-state index is 13.7. The van der Waals surface area contributed by atoms with Crippen molar-refractivity contribution >= 4 is 54.0 Å². The smallest absolute Gasteiger partial charge is 0.252 e. The molecule has 0 unspecified atom stereocenters. The van der Waals surface area contributed by atoms with Crippen LogP contribution in [0.1, 0.15) is 24.0 Å². The zero-order valence-corrected chi connectivity index (χ0v) is 21.1. The molecule has 5 rings (SSSR count). The van der Waals surface area contributed by atoms with Crippen LogP contribution in [0.3, 0.4) is 0 Å². The fraction of sp³-hybridized carbons (Fsp3) is 0.292. The monoisotopic (exact) mass is 512 g/mol. The van der Waals surface area contributed by atoms with Crippen LogP contribution in [0.15, 0.2) is 64.4 Å². The predicted octanol–water partition coefficient (Wildman–Crippen LogP) is 4.70. The number of fused-ring (bicyclic) bond motifs is 1. The maximum absolute atomic E-state index is 13.7. The standard InChI is InChI=1S/C24H24N4O3S3/c1-17-6-7-20-21(14-17)33-24(26-20)28(16-18-4-2-10-25-15-18)23(29)19-8-11-27(12-9-19)34(30,31)22-5-3-13-32-22/h2-7,10,13-15,19H,8-9,11-12,16H2,1H3. The lowest BCUT2D eigenvalue weighted by Gasteiger charge is -2.32. The minimum atomic E-state index is -3.50. The predicted molar refractivity (Wildman–Crippen MR) is 136 cm³/mol. The molecular weight excluding hydrogens is 488 g/mol. The minimum Gasteiger partial charge on any atom is -0.283 e. The lowest BCUT2D eigenvalue weighted by molar-refractivity contribution is -0.123. The molecule has 4 heterocycles. The third kappa shape index (κ3) is 4.63. The lowest BCUT2D eigenvalue weighted by Crippen LogP contribution is -2.44. The molecule has 1 amide bonds. The van der Waals surface area contributed by atoms with Gasteiger partial charge in [-0.1, -0.05) is 29.5 Å². The number of benzene rings is 1. The van der Waals surface area contributed by atoms with E-state index in [0.717, 1.165) is 21.3 Å². The normalized spacial score (nSPS) is 15.6. The van der Waals surface area contributed by atoms with Gasteiger partial charge in [-0.15, -0.1) is 11.3 Å². The highest BCUT2D eigenvalue weighted by Gasteiger charge is 2.35. The Kier molecular flexibility index (Phi) is 6.48. The molecule has 1 saturated heterocycles. The number of piperidine rings is 1. The van der Waals surface area contributed by atoms with Crippen molar-refractivity contribution in [3.8, 4) is 0 Å². The van der Waals surface area contributed by atoms with E-state index in [9.17, 15) is 13.2 Å². The molecule has 10 heteroatoms. The Morgan fingerprint density at radius 3 is 2.71 bits per heavy atom. The van der Waals surface area contributed by atoms with Crippen LogP contribution in [-0.4, -0.2) is 41.7 Å². The van der Waals surface area contributed by atoms with Crippen molar-refractivity contribution in [2.24, 2.45) is 5.92 Å². The number of amides is 1. The van der Waals surface area contributed by atoms with E-state index in [1.54, 1.807) is 34.8 Å². The van der Waals surface area contributed by atoms with Crippen LogP contribution < -0.4 is 4.90 Å². The number of hydrogen-bond acceptors (Lipinski definition) is 7. The number of pyridine rings is 1. The average Bonchev–Trinajstić information content (AvgIpc) is 3.53. The van der Waals surface area contributed by atoms with Gasteiger partial charge in [-0.05, 0) is 60.5 Å². The van der Waals surface area contributed by atoms with Crippen molar-refractivity contribution in [2.75, 3.05) is 18.0 Å². The van der Waals surface area contributed by atoms with E-state index in [0.29, 0.717) is 41.8 Å². The van der Waals surface area contributed by atoms with Crippen LogP contribution in [0.5, 0.6) is 0 Å². The first-order chi connectivity index (χ1) is 16.4. The summed E-state index contributed by atoms with van der Waals surface area (Å²) in [4.78, 5) is 24.4. The third-order valence-electron chi connectivity index (χ3n) is 5.99. The van der Waals surface area contributed by atoms with Gasteiger partial charge in [0.2, 0.25) is 5.91 Å². The zero-order chi connectivity index (χ0) is 23.7. The molecule has 0 radical (unpaired) electrons. The molecule has 0 spiro atoms. The molecule has 7 nitrogen and oxygen atoms in total. The van der Waals surface area contributed by atoms with Crippen molar-refractivity contribution in [3.63, 3.8) is 0 Å². The molecule has 0 N–H and O–H groups in total. The van der Waals surface area contributed by atoms with E-state index in [1.807, 2.05) is 31.2 Å². The molecule has 1 aromatic carbocycles. The Labute approximate surface area is 206 Å². The summed E-state index contributed by atoms with van der Waals surface area (Å²) in [6, 6.07) is 13.2. The molecule has 0 aliphatic carbocycles. The van der Waals surface area contributed by atoms with E-state index < -0.39 is 10.0 Å². The van der Waals surface area contributed by atoms with Crippen molar-refractivity contribution in [2.45, 2.75) is 30.5 Å². The summed E-state index contributed by atoms with van der Waals surface area (Å²) in [5, 5.41) is 2.42. The molecule has 1 aliphatic rings. The van der Waals surface area contributed by atoms with Crippen molar-refractivity contribution < 1.29 is 13.2 Å². The Bertz CT molecular complexity index is 1390. The first kappa shape index (κ1) is 23.1. The Balaban J connectivity index is 1.38. The van der Waals surface area contributed by atoms with Gasteiger partial charge >= 0.3 is 0 Å². The van der Waals surface area contributed by atoms with Crippen molar-refractivity contribution in [1.82, 2.24) is 14.3 Å². The van der Waals surface area contributed by atoms with E-state index >= 15 is 0 Å². The number of aryl methyl sites for hydroxylation is 1. The number of aromatic nitrogens is 2. The number of carbonyl (C=O) groups excluding carboxylic acids is 1. The highest BCUT2D eigenvalue weighted by atomic mass is 32.2. The second-order valence-corrected chi connectivity index (χ2v) is 12.5. The van der Waals surface area contributed by atoms with Gasteiger partial charge in [0.05, 0.1) is 16.8 Å². The lowest BCUT2D eigenvalue weighted by atomic mass is 9.96. The molecule has 1 aliphatic heterocycles. The zero-order valence-electron chi connectivity index (χ0n) is 18.6. The first-order valence-electron chi connectivity index (χ1n) is 11.0. The number of anilines is 1. The molecule has 34 heavy (non-hydrogen) atoms. The van der Waals surface area contributed by atoms with Crippen molar-refractivity contribution in [1.29, 1.82) is 0 Å². The number of thiophene rings is 1. The summed E-state index contributed by atoms with van der Waals surface area (Å²) in [7, 11) is -3.50. The molecule has 4 aromatic rings. The van der Waals surface area contributed by atoms with Crippen LogP contribution in [0.2, 0.25) is 0 Å². The number of sulfonamides is 1. The molecular formula is C24H24N4O3S3. The SMILES string of the molecule is Cc1ccc2nc(N(Cc3cccnc3)C(=O)C3CCN(S(=O)(=O)c4cccs4)CC3)sc2c1. The molecule has 0 atom stereocenters. The summed E-state index contributed by atoms with van der Waals surface area (Å²) in [6.07, 6.45) is 4.43. The van der Waals surface area contributed by atoms with E-state index in [2.05, 4.69) is 11.1 Å². The summed E-state index contributed by atoms with van der Waals surface area (Å²) >= 11 is 2.72. The second kappa shape index (κ2) is 9.53. The summed E-state index contributed by atoms with van der Waals surface area (Å²) < 4.78 is 28.6. The van der Waals surface area contributed by atoms with Gasteiger partial charge in [-0.25, -0.2) is 13.4 Å². The van der Waals surface area contributed by atoms with Gasteiger partial charge in [0, 0.05) is 31.4 Å². The highest BCUT2D eigenvalue weighted by Crippen LogP contribution is 2.33. The van der Waals surface area contributed by atoms with Gasteiger partial charge < -0.3 is 0 Å². The first-order valence-corrected chi connectivity index (χ1v) is 14.2. The number of carbonyl (C=O) groups is 1. The Hall–Kier alpha value is -2.66. The van der Waals surface area contributed by atoms with Gasteiger partial charge in [0.25, 0.3) is 10.0 Å². The summed E-state index contributed by atoms with van der Waals surface area (Å²) in [5.41, 5.74) is 2.93. The number of nitrogens with zero attached hydrogens (tertiary/aromatic N) is 4. The largest absolute Gasteiger partial charge is 0.283 e. The number of thiazole rings is 1. The summed E-state index contributed by atoms with van der Waals surface area (Å²) in [5.74, 6) is -0.284. The van der Waals surface area contributed by atoms with E-state index in [1.165, 1.54) is 27.0 Å². The van der Waals surface area contributed by atoms with Gasteiger partial charge in [0.1, 0.15) is 4.21 Å². The highest BCUT2D eigenvalue weighted by molar-refractivity contribution is 7.91. The van der Waals surface area contributed by atoms with Gasteiger partial charge in [0.15, 0.2) is 5.13 Å². The number of rotatable bonds is 6. The molecule has 176 valence electrons. The Morgan fingerprint density at radius 2 is 2.00 bits per heavy atom. The van der Waals surface area contributed by atoms with E-state index in [-0.39, 0.29) is 11.8 Å². The molecule has 1 fully saturated rings. The van der Waals surface area contributed by atoms with Crippen LogP contribution in [0.4, 0.5) is 5.13 Å². The van der Waals surface area contributed by atoms with Crippen LogP contribution in [0.25, 0.3) is 10.2 Å². The topological polar surface area (TPSA) is 83.5 Å². The van der Waals surface area contributed by atoms with Crippen LogP contribution >= 0.6 is 22.7 Å². The van der Waals surface area contributed by atoms with Crippen molar-refractivity contribution in [3.05, 3.63) is 71.4 Å². The number of hydrogen-bond donors (Lipinski definition) is 0. The quantitative estimate of drug-likeness (QED) is 0.374. The minimum absolute atomic E-state index is 0.0206. The molecule has 0 bridgehead atoms. The maximum Gasteiger partial charge on any atom is 0.252 e.